The Balaban J connectivity index is 1.55. The Morgan fingerprint density at radius 1 is 1.47 bits per heavy atom. The maximum Gasteiger partial charge on any atom is 0.155 e. The molecule has 1 fully saturated rings. The lowest BCUT2D eigenvalue weighted by Gasteiger charge is -2.22. The number of aromatic nitrogens is 3. The van der Waals surface area contributed by atoms with Crippen LogP contribution in [0.3, 0.4) is 0 Å². The minimum absolute atomic E-state index is 0.373. The molecule has 1 atom stereocenters. The van der Waals surface area contributed by atoms with Crippen molar-refractivity contribution in [2.45, 2.75) is 38.8 Å². The third-order valence-electron chi connectivity index (χ3n) is 3.46. The Labute approximate surface area is 113 Å². The fourth-order valence-electron chi connectivity index (χ4n) is 2.47. The van der Waals surface area contributed by atoms with Crippen LogP contribution in [-0.2, 0) is 11.3 Å². The van der Waals surface area contributed by atoms with E-state index in [-0.39, 0.29) is 0 Å². The van der Waals surface area contributed by atoms with Gasteiger partial charge in [-0.1, -0.05) is 0 Å². The maximum absolute atomic E-state index is 5.69. The summed E-state index contributed by atoms with van der Waals surface area (Å²) < 4.78 is 7.53. The van der Waals surface area contributed by atoms with Crippen LogP contribution in [0.5, 0.6) is 0 Å². The molecule has 19 heavy (non-hydrogen) atoms. The second-order valence-corrected chi connectivity index (χ2v) is 5.17. The lowest BCUT2D eigenvalue weighted by molar-refractivity contribution is 0.0168. The first-order chi connectivity index (χ1) is 9.31. The van der Waals surface area contributed by atoms with Crippen LogP contribution in [0.4, 0.5) is 0 Å². The second-order valence-electron chi connectivity index (χ2n) is 5.17. The lowest BCUT2D eigenvalue weighted by Crippen LogP contribution is -2.31. The summed E-state index contributed by atoms with van der Waals surface area (Å²) in [6.07, 6.45) is 7.97. The molecule has 2 aromatic heterocycles. The standard InChI is InChI=1S/C14H20N4O/c1-11-6-14-16-8-12(10-18(14)17-11)7-15-9-13-4-2-3-5-19-13/h6,8,10,13,15H,2-5,7,9H2,1H3. The highest BCUT2D eigenvalue weighted by molar-refractivity contribution is 5.38. The fourth-order valence-corrected chi connectivity index (χ4v) is 2.47. The number of nitrogens with one attached hydrogen (secondary N) is 1. The molecule has 1 aliphatic heterocycles. The molecule has 0 amide bonds. The maximum atomic E-state index is 5.69. The summed E-state index contributed by atoms with van der Waals surface area (Å²) in [5.74, 6) is 0. The second kappa shape index (κ2) is 5.67. The van der Waals surface area contributed by atoms with Gasteiger partial charge in [-0.05, 0) is 26.2 Å². The van der Waals surface area contributed by atoms with Crippen LogP contribution in [0.25, 0.3) is 5.65 Å². The van der Waals surface area contributed by atoms with Crippen molar-refractivity contribution >= 4 is 5.65 Å². The van der Waals surface area contributed by atoms with E-state index in [0.717, 1.165) is 36.6 Å². The zero-order valence-electron chi connectivity index (χ0n) is 11.3. The zero-order chi connectivity index (χ0) is 13.1. The monoisotopic (exact) mass is 260 g/mol. The topological polar surface area (TPSA) is 51.5 Å². The van der Waals surface area contributed by atoms with Crippen LogP contribution >= 0.6 is 0 Å². The number of hydrogen-bond acceptors (Lipinski definition) is 4. The van der Waals surface area contributed by atoms with Crippen molar-refractivity contribution in [2.24, 2.45) is 0 Å². The molecule has 1 saturated heterocycles. The van der Waals surface area contributed by atoms with Crippen molar-refractivity contribution in [3.8, 4) is 0 Å². The van der Waals surface area contributed by atoms with Gasteiger partial charge in [-0.15, -0.1) is 0 Å². The molecule has 5 nitrogen and oxygen atoms in total. The number of ether oxygens (including phenoxy) is 1. The van der Waals surface area contributed by atoms with Gasteiger partial charge >= 0.3 is 0 Å². The van der Waals surface area contributed by atoms with Gasteiger partial charge in [0.25, 0.3) is 0 Å². The molecule has 0 aromatic carbocycles. The highest BCUT2D eigenvalue weighted by Gasteiger charge is 2.12. The first kappa shape index (κ1) is 12.6. The molecular formula is C14H20N4O. The number of fused-ring (bicyclic) bond motifs is 1. The van der Waals surface area contributed by atoms with E-state index in [0.29, 0.717) is 6.10 Å². The zero-order valence-corrected chi connectivity index (χ0v) is 11.3. The number of nitrogens with zero attached hydrogens (tertiary/aromatic N) is 3. The van der Waals surface area contributed by atoms with Gasteiger partial charge in [0.1, 0.15) is 0 Å². The molecule has 0 aliphatic carbocycles. The van der Waals surface area contributed by atoms with Crippen molar-refractivity contribution in [3.05, 3.63) is 29.7 Å². The molecule has 2 aromatic rings. The van der Waals surface area contributed by atoms with Gasteiger partial charge in [-0.3, -0.25) is 0 Å². The average Bonchev–Trinajstić information content (AvgIpc) is 2.79. The van der Waals surface area contributed by atoms with Crippen molar-refractivity contribution in [1.82, 2.24) is 19.9 Å². The van der Waals surface area contributed by atoms with Gasteiger partial charge in [0.2, 0.25) is 0 Å². The summed E-state index contributed by atoms with van der Waals surface area (Å²) >= 11 is 0. The quantitative estimate of drug-likeness (QED) is 0.909. The summed E-state index contributed by atoms with van der Waals surface area (Å²) in [6.45, 7) is 4.61. The third kappa shape index (κ3) is 3.11. The molecular weight excluding hydrogens is 240 g/mol. The first-order valence-corrected chi connectivity index (χ1v) is 6.94. The molecule has 0 radical (unpaired) electrons. The Hall–Kier alpha value is -1.46. The van der Waals surface area contributed by atoms with E-state index >= 15 is 0 Å². The largest absolute Gasteiger partial charge is 0.377 e. The van der Waals surface area contributed by atoms with Gasteiger partial charge in [0.15, 0.2) is 5.65 Å². The van der Waals surface area contributed by atoms with Crippen LogP contribution in [0, 0.1) is 6.92 Å². The Bertz CT molecular complexity index is 545. The summed E-state index contributed by atoms with van der Waals surface area (Å²) in [6, 6.07) is 1.98. The molecule has 3 heterocycles. The van der Waals surface area contributed by atoms with Crippen LogP contribution in [0.2, 0.25) is 0 Å². The van der Waals surface area contributed by atoms with Gasteiger partial charge in [0, 0.05) is 43.7 Å². The van der Waals surface area contributed by atoms with Crippen molar-refractivity contribution < 1.29 is 4.74 Å². The van der Waals surface area contributed by atoms with Crippen LogP contribution in [-0.4, -0.2) is 33.9 Å². The number of rotatable bonds is 4. The fraction of sp³-hybridized carbons (Fsp3) is 0.571. The molecule has 1 unspecified atom stereocenters. The predicted octanol–water partition coefficient (Wildman–Crippen LogP) is 1.70. The SMILES string of the molecule is Cc1cc2ncc(CNCC3CCCCO3)cn2n1. The Kier molecular flexibility index (Phi) is 3.75. The average molecular weight is 260 g/mol. The van der Waals surface area contributed by atoms with Crippen molar-refractivity contribution in [3.63, 3.8) is 0 Å². The van der Waals surface area contributed by atoms with E-state index < -0.39 is 0 Å². The summed E-state index contributed by atoms with van der Waals surface area (Å²) in [7, 11) is 0. The summed E-state index contributed by atoms with van der Waals surface area (Å²) in [4.78, 5) is 4.40. The number of hydrogen-bond donors (Lipinski definition) is 1. The van der Waals surface area contributed by atoms with E-state index in [1.165, 1.54) is 19.3 Å². The van der Waals surface area contributed by atoms with Gasteiger partial charge in [0.05, 0.1) is 11.8 Å². The van der Waals surface area contributed by atoms with Crippen LogP contribution in [0.15, 0.2) is 18.5 Å². The van der Waals surface area contributed by atoms with E-state index in [4.69, 9.17) is 4.74 Å². The van der Waals surface area contributed by atoms with E-state index in [1.807, 2.05) is 29.9 Å². The van der Waals surface area contributed by atoms with E-state index in [9.17, 15) is 0 Å². The normalized spacial score (nSPS) is 19.9. The lowest BCUT2D eigenvalue weighted by atomic mass is 10.1. The highest BCUT2D eigenvalue weighted by atomic mass is 16.5. The minimum Gasteiger partial charge on any atom is -0.377 e. The number of aryl methyl sites for hydroxylation is 1. The van der Waals surface area contributed by atoms with Crippen LogP contribution in [0.1, 0.15) is 30.5 Å². The molecule has 102 valence electrons. The van der Waals surface area contributed by atoms with Crippen molar-refractivity contribution in [1.29, 1.82) is 0 Å². The molecule has 3 rings (SSSR count). The predicted molar refractivity (Wildman–Crippen MR) is 73.0 cm³/mol. The van der Waals surface area contributed by atoms with E-state index in [2.05, 4.69) is 15.4 Å². The minimum atomic E-state index is 0.373. The van der Waals surface area contributed by atoms with Crippen molar-refractivity contribution in [2.75, 3.05) is 13.2 Å². The highest BCUT2D eigenvalue weighted by Crippen LogP contribution is 2.12. The summed E-state index contributed by atoms with van der Waals surface area (Å²) in [5.41, 5.74) is 3.04. The van der Waals surface area contributed by atoms with Gasteiger partial charge in [-0.2, -0.15) is 5.10 Å². The van der Waals surface area contributed by atoms with E-state index in [1.54, 1.807) is 0 Å². The van der Waals surface area contributed by atoms with Crippen LogP contribution < -0.4 is 5.32 Å². The third-order valence-corrected chi connectivity index (χ3v) is 3.46. The molecule has 1 aliphatic rings. The first-order valence-electron chi connectivity index (χ1n) is 6.94. The smallest absolute Gasteiger partial charge is 0.155 e. The van der Waals surface area contributed by atoms with Gasteiger partial charge in [-0.25, -0.2) is 9.50 Å². The molecule has 0 bridgehead atoms. The van der Waals surface area contributed by atoms with Gasteiger partial charge < -0.3 is 10.1 Å². The molecule has 5 heteroatoms. The molecule has 0 saturated carbocycles. The Morgan fingerprint density at radius 3 is 3.26 bits per heavy atom. The Morgan fingerprint density at radius 2 is 2.42 bits per heavy atom. The molecule has 0 spiro atoms. The molecule has 1 N–H and O–H groups in total. The summed E-state index contributed by atoms with van der Waals surface area (Å²) in [5, 5.41) is 7.81.